The van der Waals surface area contributed by atoms with Gasteiger partial charge in [-0.3, -0.25) is 0 Å². The van der Waals surface area contributed by atoms with Gasteiger partial charge in [-0.2, -0.15) is 0 Å². The number of nitrogens with one attached hydrogen (secondary N) is 1. The van der Waals surface area contributed by atoms with E-state index in [1.807, 2.05) is 0 Å². The second kappa shape index (κ2) is 5.48. The van der Waals surface area contributed by atoms with E-state index in [9.17, 15) is 5.11 Å². The Labute approximate surface area is 98.6 Å². The monoisotopic (exact) mass is 227 g/mol. The first kappa shape index (κ1) is 12.3. The van der Waals surface area contributed by atoms with Crippen LogP contribution in [0.5, 0.6) is 0 Å². The predicted molar refractivity (Wildman–Crippen MR) is 64.4 cm³/mol. The van der Waals surface area contributed by atoms with Gasteiger partial charge in [-0.15, -0.1) is 0 Å². The van der Waals surface area contributed by atoms with Gasteiger partial charge in [-0.05, 0) is 44.4 Å². The van der Waals surface area contributed by atoms with Crippen LogP contribution in [0, 0.1) is 5.92 Å². The van der Waals surface area contributed by atoms with E-state index in [4.69, 9.17) is 4.74 Å². The highest BCUT2D eigenvalue weighted by atomic mass is 16.5. The molecule has 2 aliphatic rings. The summed E-state index contributed by atoms with van der Waals surface area (Å²) in [6.07, 6.45) is 6.27. The summed E-state index contributed by atoms with van der Waals surface area (Å²) in [5, 5.41) is 13.8. The fourth-order valence-corrected chi connectivity index (χ4v) is 2.79. The van der Waals surface area contributed by atoms with Gasteiger partial charge in [0, 0.05) is 19.2 Å². The maximum Gasteiger partial charge on any atom is 0.0646 e. The lowest BCUT2D eigenvalue weighted by atomic mass is 9.80. The van der Waals surface area contributed by atoms with Crippen LogP contribution in [0.4, 0.5) is 0 Å². The zero-order valence-corrected chi connectivity index (χ0v) is 10.4. The Morgan fingerprint density at radius 2 is 2.06 bits per heavy atom. The first-order valence-electron chi connectivity index (χ1n) is 6.75. The molecule has 3 heteroatoms. The minimum Gasteiger partial charge on any atom is -0.390 e. The first-order valence-corrected chi connectivity index (χ1v) is 6.75. The largest absolute Gasteiger partial charge is 0.390 e. The van der Waals surface area contributed by atoms with Gasteiger partial charge in [-0.1, -0.05) is 6.92 Å². The summed E-state index contributed by atoms with van der Waals surface area (Å²) >= 11 is 0. The highest BCUT2D eigenvalue weighted by Crippen LogP contribution is 2.30. The second-order valence-corrected chi connectivity index (χ2v) is 5.49. The number of ether oxygens (including phenoxy) is 1. The SMILES string of the molecule is CCC1(O)CCC(NCC2CCOC2)CC1. The molecule has 0 aromatic carbocycles. The van der Waals surface area contributed by atoms with Crippen molar-refractivity contribution < 1.29 is 9.84 Å². The van der Waals surface area contributed by atoms with Crippen molar-refractivity contribution in [3.8, 4) is 0 Å². The summed E-state index contributed by atoms with van der Waals surface area (Å²) in [6, 6.07) is 0.618. The fraction of sp³-hybridized carbons (Fsp3) is 1.00. The number of aliphatic hydroxyl groups is 1. The van der Waals surface area contributed by atoms with E-state index >= 15 is 0 Å². The molecule has 0 aromatic heterocycles. The highest BCUT2D eigenvalue weighted by molar-refractivity contribution is 4.87. The quantitative estimate of drug-likeness (QED) is 0.768. The van der Waals surface area contributed by atoms with Crippen molar-refractivity contribution in [2.45, 2.75) is 57.1 Å². The summed E-state index contributed by atoms with van der Waals surface area (Å²) in [7, 11) is 0. The van der Waals surface area contributed by atoms with Crippen molar-refractivity contribution in [1.29, 1.82) is 0 Å². The van der Waals surface area contributed by atoms with Gasteiger partial charge < -0.3 is 15.2 Å². The fourth-order valence-electron chi connectivity index (χ4n) is 2.79. The van der Waals surface area contributed by atoms with Crippen molar-refractivity contribution in [2.24, 2.45) is 5.92 Å². The molecule has 1 aliphatic carbocycles. The van der Waals surface area contributed by atoms with Gasteiger partial charge in [-0.25, -0.2) is 0 Å². The Hall–Kier alpha value is -0.120. The van der Waals surface area contributed by atoms with Crippen LogP contribution in [0.3, 0.4) is 0 Å². The van der Waals surface area contributed by atoms with E-state index < -0.39 is 0 Å². The van der Waals surface area contributed by atoms with Crippen molar-refractivity contribution in [1.82, 2.24) is 5.32 Å². The van der Waals surface area contributed by atoms with Gasteiger partial charge in [0.1, 0.15) is 0 Å². The molecule has 1 saturated heterocycles. The smallest absolute Gasteiger partial charge is 0.0646 e. The van der Waals surface area contributed by atoms with Crippen molar-refractivity contribution in [2.75, 3.05) is 19.8 Å². The van der Waals surface area contributed by atoms with Crippen LogP contribution in [-0.2, 0) is 4.74 Å². The zero-order valence-electron chi connectivity index (χ0n) is 10.4. The molecule has 1 heterocycles. The average molecular weight is 227 g/mol. The lowest BCUT2D eigenvalue weighted by molar-refractivity contribution is -0.00708. The summed E-state index contributed by atoms with van der Waals surface area (Å²) in [4.78, 5) is 0. The van der Waals surface area contributed by atoms with Crippen molar-refractivity contribution in [3.05, 3.63) is 0 Å². The molecular weight excluding hydrogens is 202 g/mol. The molecule has 2 rings (SSSR count). The Bertz CT molecular complexity index is 206. The van der Waals surface area contributed by atoms with E-state index in [2.05, 4.69) is 12.2 Å². The lowest BCUT2D eigenvalue weighted by Crippen LogP contribution is -2.42. The van der Waals surface area contributed by atoms with Crippen molar-refractivity contribution >= 4 is 0 Å². The van der Waals surface area contributed by atoms with Crippen molar-refractivity contribution in [3.63, 3.8) is 0 Å². The zero-order chi connectivity index (χ0) is 11.4. The Balaban J connectivity index is 1.65. The molecule has 3 nitrogen and oxygen atoms in total. The van der Waals surface area contributed by atoms with E-state index in [1.165, 1.54) is 6.42 Å². The molecule has 0 aromatic rings. The average Bonchev–Trinajstić information content (AvgIpc) is 2.81. The molecule has 1 atom stereocenters. The third-order valence-electron chi connectivity index (χ3n) is 4.29. The number of rotatable bonds is 4. The molecule has 1 saturated carbocycles. The van der Waals surface area contributed by atoms with E-state index in [0.717, 1.165) is 51.9 Å². The van der Waals surface area contributed by atoms with Gasteiger partial charge in [0.2, 0.25) is 0 Å². The van der Waals surface area contributed by atoms with E-state index in [1.54, 1.807) is 0 Å². The number of hydrogen-bond donors (Lipinski definition) is 2. The molecule has 1 aliphatic heterocycles. The maximum absolute atomic E-state index is 10.1. The van der Waals surface area contributed by atoms with Gasteiger partial charge in [0.05, 0.1) is 12.2 Å². The third-order valence-corrected chi connectivity index (χ3v) is 4.29. The maximum atomic E-state index is 10.1. The summed E-state index contributed by atoms with van der Waals surface area (Å²) in [5.74, 6) is 0.715. The standard InChI is InChI=1S/C13H25NO2/c1-2-13(15)6-3-12(4-7-13)14-9-11-5-8-16-10-11/h11-12,14-15H,2-10H2,1H3. The lowest BCUT2D eigenvalue weighted by Gasteiger charge is -2.36. The molecule has 0 radical (unpaired) electrons. The molecule has 2 N–H and O–H groups in total. The van der Waals surface area contributed by atoms with Gasteiger partial charge in [0.15, 0.2) is 0 Å². The van der Waals surface area contributed by atoms with E-state index in [-0.39, 0.29) is 5.60 Å². The van der Waals surface area contributed by atoms with Crippen LogP contribution in [0.1, 0.15) is 45.4 Å². The van der Waals surface area contributed by atoms with Crippen LogP contribution < -0.4 is 5.32 Å². The number of hydrogen-bond acceptors (Lipinski definition) is 3. The molecule has 94 valence electrons. The molecule has 16 heavy (non-hydrogen) atoms. The van der Waals surface area contributed by atoms with Crippen LogP contribution in [-0.4, -0.2) is 36.5 Å². The Kier molecular flexibility index (Phi) is 4.22. The highest BCUT2D eigenvalue weighted by Gasteiger charge is 2.31. The Morgan fingerprint density at radius 3 is 2.62 bits per heavy atom. The molecule has 0 amide bonds. The van der Waals surface area contributed by atoms with Gasteiger partial charge >= 0.3 is 0 Å². The summed E-state index contributed by atoms with van der Waals surface area (Å²) < 4.78 is 5.37. The molecule has 0 bridgehead atoms. The Morgan fingerprint density at radius 1 is 1.31 bits per heavy atom. The minimum absolute atomic E-state index is 0.366. The van der Waals surface area contributed by atoms with Gasteiger partial charge in [0.25, 0.3) is 0 Å². The summed E-state index contributed by atoms with van der Waals surface area (Å²) in [6.45, 7) is 5.05. The second-order valence-electron chi connectivity index (χ2n) is 5.49. The third kappa shape index (κ3) is 3.19. The van der Waals surface area contributed by atoms with Crippen LogP contribution >= 0.6 is 0 Å². The molecule has 0 spiro atoms. The topological polar surface area (TPSA) is 41.5 Å². The molecule has 2 fully saturated rings. The van der Waals surface area contributed by atoms with E-state index in [0.29, 0.717) is 12.0 Å². The van der Waals surface area contributed by atoms with Crippen LogP contribution in [0.2, 0.25) is 0 Å². The molecule has 1 unspecified atom stereocenters. The van der Waals surface area contributed by atoms with Crippen LogP contribution in [0.25, 0.3) is 0 Å². The predicted octanol–water partition coefficient (Wildman–Crippen LogP) is 1.70. The normalized spacial score (nSPS) is 40.1. The molecular formula is C13H25NO2. The minimum atomic E-state index is -0.366. The first-order chi connectivity index (χ1) is 7.72. The van der Waals surface area contributed by atoms with Crippen LogP contribution in [0.15, 0.2) is 0 Å². The summed E-state index contributed by atoms with van der Waals surface area (Å²) in [5.41, 5.74) is -0.366.